The van der Waals surface area contributed by atoms with E-state index >= 15 is 0 Å². The van der Waals surface area contributed by atoms with Crippen LogP contribution in [0.15, 0.2) is 10.9 Å². The quantitative estimate of drug-likeness (QED) is 0.854. The van der Waals surface area contributed by atoms with Crippen LogP contribution in [0.4, 0.5) is 8.78 Å². The lowest BCUT2D eigenvalue weighted by Gasteiger charge is -2.08. The van der Waals surface area contributed by atoms with Gasteiger partial charge in [0.1, 0.15) is 5.56 Å². The van der Waals surface area contributed by atoms with Crippen molar-refractivity contribution in [3.8, 4) is 5.88 Å². The number of pyridine rings is 1. The Balaban J connectivity index is 3.35. The third kappa shape index (κ3) is 2.12. The van der Waals surface area contributed by atoms with Gasteiger partial charge in [0, 0.05) is 17.1 Å². The Kier molecular flexibility index (Phi) is 3.62. The average molecular weight is 268 g/mol. The third-order valence-corrected chi connectivity index (χ3v) is 2.26. The van der Waals surface area contributed by atoms with Crippen LogP contribution in [-0.2, 0) is 5.33 Å². The zero-order valence-corrected chi connectivity index (χ0v) is 8.90. The number of aromatic amines is 1. The first kappa shape index (κ1) is 11.2. The van der Waals surface area contributed by atoms with Crippen molar-refractivity contribution in [2.75, 3.05) is 7.11 Å². The minimum absolute atomic E-state index is 0.179. The maximum atomic E-state index is 12.4. The molecular weight excluding hydrogens is 260 g/mol. The Hall–Kier alpha value is -0.910. The van der Waals surface area contributed by atoms with E-state index in [9.17, 15) is 13.6 Å². The van der Waals surface area contributed by atoms with Gasteiger partial charge in [-0.05, 0) is 0 Å². The second kappa shape index (κ2) is 4.54. The normalized spacial score (nSPS) is 10.6. The lowest BCUT2D eigenvalue weighted by molar-refractivity contribution is 0.144. The number of alkyl halides is 3. The first-order valence-electron chi connectivity index (χ1n) is 3.74. The fourth-order valence-electron chi connectivity index (χ4n) is 1.04. The summed E-state index contributed by atoms with van der Waals surface area (Å²) in [6.07, 6.45) is -2.84. The maximum absolute atomic E-state index is 12.4. The van der Waals surface area contributed by atoms with E-state index in [2.05, 4.69) is 25.7 Å². The van der Waals surface area contributed by atoms with Gasteiger partial charge >= 0.3 is 0 Å². The van der Waals surface area contributed by atoms with E-state index in [1.165, 1.54) is 7.11 Å². The molecule has 1 aromatic rings. The zero-order valence-electron chi connectivity index (χ0n) is 7.31. The second-order valence-electron chi connectivity index (χ2n) is 2.54. The van der Waals surface area contributed by atoms with Gasteiger partial charge in [-0.15, -0.1) is 0 Å². The second-order valence-corrected chi connectivity index (χ2v) is 3.10. The topological polar surface area (TPSA) is 42.1 Å². The smallest absolute Gasteiger partial charge is 0.272 e. The van der Waals surface area contributed by atoms with Crippen molar-refractivity contribution >= 4 is 15.9 Å². The van der Waals surface area contributed by atoms with Crippen LogP contribution in [0, 0.1) is 0 Å². The van der Waals surface area contributed by atoms with Gasteiger partial charge in [0.05, 0.1) is 7.11 Å². The van der Waals surface area contributed by atoms with Gasteiger partial charge in [-0.2, -0.15) is 0 Å². The highest BCUT2D eigenvalue weighted by molar-refractivity contribution is 9.08. The Morgan fingerprint density at radius 2 is 2.29 bits per heavy atom. The number of nitrogens with one attached hydrogen (secondary N) is 1. The highest BCUT2D eigenvalue weighted by atomic mass is 79.9. The van der Waals surface area contributed by atoms with Crippen molar-refractivity contribution in [1.29, 1.82) is 0 Å². The Bertz CT molecular complexity index is 378. The van der Waals surface area contributed by atoms with Crippen LogP contribution in [0.1, 0.15) is 17.7 Å². The van der Waals surface area contributed by atoms with Crippen LogP contribution in [0.2, 0.25) is 0 Å². The van der Waals surface area contributed by atoms with Crippen molar-refractivity contribution < 1.29 is 13.5 Å². The minimum Gasteiger partial charge on any atom is -0.482 e. The lowest BCUT2D eigenvalue weighted by atomic mass is 10.2. The van der Waals surface area contributed by atoms with Gasteiger partial charge in [-0.25, -0.2) is 8.78 Å². The molecule has 6 heteroatoms. The number of hydrogen-bond donors (Lipinski definition) is 1. The largest absolute Gasteiger partial charge is 0.482 e. The third-order valence-electron chi connectivity index (χ3n) is 1.66. The van der Waals surface area contributed by atoms with Crippen LogP contribution < -0.4 is 10.2 Å². The summed E-state index contributed by atoms with van der Waals surface area (Å²) >= 11 is 3.10. The molecule has 0 aliphatic heterocycles. The molecule has 0 radical (unpaired) electrons. The molecule has 0 saturated heterocycles. The van der Waals surface area contributed by atoms with Gasteiger partial charge in [-0.3, -0.25) is 4.79 Å². The Labute approximate surface area is 87.2 Å². The minimum atomic E-state index is -2.84. The number of H-pyrrole nitrogens is 1. The predicted octanol–water partition coefficient (Wildman–Crippen LogP) is 2.22. The molecule has 0 aliphatic carbocycles. The molecule has 0 aromatic carbocycles. The van der Waals surface area contributed by atoms with Crippen LogP contribution in [0.25, 0.3) is 0 Å². The van der Waals surface area contributed by atoms with E-state index in [-0.39, 0.29) is 5.88 Å². The Morgan fingerprint density at radius 3 is 2.71 bits per heavy atom. The summed E-state index contributed by atoms with van der Waals surface area (Å²) in [5.41, 5.74) is -0.849. The first-order chi connectivity index (χ1) is 6.60. The molecule has 1 aromatic heterocycles. The molecule has 3 nitrogen and oxygen atoms in total. The molecule has 0 amide bonds. The summed E-state index contributed by atoms with van der Waals surface area (Å²) in [5.74, 6) is -0.179. The predicted molar refractivity (Wildman–Crippen MR) is 51.2 cm³/mol. The fourth-order valence-corrected chi connectivity index (χ4v) is 1.34. The number of rotatable bonds is 3. The molecule has 1 heterocycles. The van der Waals surface area contributed by atoms with E-state index in [0.717, 1.165) is 6.07 Å². The van der Waals surface area contributed by atoms with Crippen LogP contribution in [0.3, 0.4) is 0 Å². The summed E-state index contributed by atoms with van der Waals surface area (Å²) in [6.45, 7) is 0. The summed E-state index contributed by atoms with van der Waals surface area (Å²) in [4.78, 5) is 13.8. The van der Waals surface area contributed by atoms with Crippen LogP contribution in [-0.4, -0.2) is 12.1 Å². The average Bonchev–Trinajstić information content (AvgIpc) is 2.15. The van der Waals surface area contributed by atoms with E-state index < -0.39 is 17.4 Å². The number of halogens is 3. The van der Waals surface area contributed by atoms with E-state index in [0.29, 0.717) is 11.0 Å². The van der Waals surface area contributed by atoms with Gasteiger partial charge in [0.15, 0.2) is 5.43 Å². The number of aromatic nitrogens is 1. The molecular formula is C8H8BrF2NO2. The highest BCUT2D eigenvalue weighted by Gasteiger charge is 2.19. The Morgan fingerprint density at radius 1 is 1.64 bits per heavy atom. The summed E-state index contributed by atoms with van der Waals surface area (Å²) < 4.78 is 29.5. The van der Waals surface area contributed by atoms with E-state index in [4.69, 9.17) is 0 Å². The fraction of sp³-hybridized carbons (Fsp3) is 0.375. The van der Waals surface area contributed by atoms with Crippen LogP contribution >= 0.6 is 15.9 Å². The van der Waals surface area contributed by atoms with E-state index in [1.807, 2.05) is 0 Å². The highest BCUT2D eigenvalue weighted by Crippen LogP contribution is 2.23. The van der Waals surface area contributed by atoms with E-state index in [1.54, 1.807) is 0 Å². The van der Waals surface area contributed by atoms with Crippen molar-refractivity contribution in [1.82, 2.24) is 4.98 Å². The van der Waals surface area contributed by atoms with Gasteiger partial charge in [0.25, 0.3) is 6.43 Å². The van der Waals surface area contributed by atoms with Crippen LogP contribution in [0.5, 0.6) is 5.88 Å². The molecule has 1 N–H and O–H groups in total. The number of hydrogen-bond acceptors (Lipinski definition) is 2. The molecule has 14 heavy (non-hydrogen) atoms. The van der Waals surface area contributed by atoms with Gasteiger partial charge in [-0.1, -0.05) is 15.9 Å². The molecule has 78 valence electrons. The van der Waals surface area contributed by atoms with Crippen molar-refractivity contribution in [2.24, 2.45) is 0 Å². The molecule has 1 rings (SSSR count). The monoisotopic (exact) mass is 267 g/mol. The zero-order chi connectivity index (χ0) is 10.7. The summed E-state index contributed by atoms with van der Waals surface area (Å²) in [6, 6.07) is 1.12. The molecule has 0 atom stereocenters. The molecule has 0 spiro atoms. The lowest BCUT2D eigenvalue weighted by Crippen LogP contribution is -2.13. The molecule has 0 bridgehead atoms. The molecule has 0 aliphatic rings. The van der Waals surface area contributed by atoms with Crippen molar-refractivity contribution in [3.63, 3.8) is 0 Å². The summed E-state index contributed by atoms with van der Waals surface area (Å²) in [5, 5.41) is 0.377. The standard InChI is InChI=1S/C8H8BrF2NO2/c1-14-8-6(7(10)11)5(13)2-4(3-9)12-8/h2,7H,3H2,1H3,(H,12,13). The molecule has 0 unspecified atom stereocenters. The van der Waals surface area contributed by atoms with Gasteiger partial charge < -0.3 is 9.72 Å². The first-order valence-corrected chi connectivity index (χ1v) is 4.86. The van der Waals surface area contributed by atoms with Crippen molar-refractivity contribution in [3.05, 3.63) is 27.5 Å². The molecule has 0 saturated carbocycles. The maximum Gasteiger partial charge on any atom is 0.272 e. The summed E-state index contributed by atoms with van der Waals surface area (Å²) in [7, 11) is 1.23. The van der Waals surface area contributed by atoms with Crippen molar-refractivity contribution in [2.45, 2.75) is 11.8 Å². The number of methoxy groups -OCH3 is 1. The number of ether oxygens (including phenoxy) is 1. The molecule has 0 fully saturated rings. The van der Waals surface area contributed by atoms with Gasteiger partial charge in [0.2, 0.25) is 5.88 Å². The SMILES string of the molecule is COc1[nH]c(CBr)cc(=O)c1C(F)F.